The van der Waals surface area contributed by atoms with Crippen LogP contribution in [0.25, 0.3) is 0 Å². The van der Waals surface area contributed by atoms with E-state index < -0.39 is 6.04 Å². The van der Waals surface area contributed by atoms with Crippen molar-refractivity contribution in [3.05, 3.63) is 105 Å². The zero-order chi connectivity index (χ0) is 26.2. The monoisotopic (exact) mass is 556 g/mol. The molecule has 0 aromatic heterocycles. The third kappa shape index (κ3) is 7.98. The third-order valence-corrected chi connectivity index (χ3v) is 7.64. The molecule has 194 valence electrons. The number of halogens is 3. The number of rotatable bonds is 9. The number of amides is 2. The minimum absolute atomic E-state index is 0.119. The normalized spacial score (nSPS) is 14.7. The molecule has 0 radical (unpaired) electrons. The maximum absolute atomic E-state index is 13.9. The average molecular weight is 558 g/mol. The van der Waals surface area contributed by atoms with Gasteiger partial charge in [-0.15, -0.1) is 0 Å². The summed E-state index contributed by atoms with van der Waals surface area (Å²) in [6, 6.07) is 21.7. The first-order valence-electron chi connectivity index (χ1n) is 12.7. The smallest absolute Gasteiger partial charge is 0.243 e. The fourth-order valence-electron chi connectivity index (χ4n) is 4.85. The second-order valence-corrected chi connectivity index (χ2v) is 10.9. The molecule has 37 heavy (non-hydrogen) atoms. The highest BCUT2D eigenvalue weighted by atomic mass is 35.5. The highest BCUT2D eigenvalue weighted by Gasteiger charge is 2.32. The summed E-state index contributed by atoms with van der Waals surface area (Å²) >= 11 is 18.8. The van der Waals surface area contributed by atoms with Gasteiger partial charge in [0.1, 0.15) is 6.04 Å². The van der Waals surface area contributed by atoms with Gasteiger partial charge in [-0.3, -0.25) is 9.59 Å². The molecule has 1 fully saturated rings. The molecule has 1 N–H and O–H groups in total. The Morgan fingerprint density at radius 2 is 1.54 bits per heavy atom. The molecule has 2 amide bonds. The van der Waals surface area contributed by atoms with Crippen LogP contribution in [0, 0.1) is 0 Å². The summed E-state index contributed by atoms with van der Waals surface area (Å²) < 4.78 is 0. The lowest BCUT2D eigenvalue weighted by atomic mass is 9.94. The van der Waals surface area contributed by atoms with Gasteiger partial charge in [0.25, 0.3) is 0 Å². The summed E-state index contributed by atoms with van der Waals surface area (Å²) in [5.74, 6) is -0.312. The van der Waals surface area contributed by atoms with Crippen molar-refractivity contribution in [2.75, 3.05) is 0 Å². The van der Waals surface area contributed by atoms with Crippen LogP contribution >= 0.6 is 34.8 Å². The lowest BCUT2D eigenvalue weighted by Crippen LogP contribution is -2.53. The van der Waals surface area contributed by atoms with Crippen LogP contribution in [-0.4, -0.2) is 28.8 Å². The van der Waals surface area contributed by atoms with Crippen LogP contribution in [-0.2, 0) is 29.0 Å². The SMILES string of the molecule is O=C(NC1CCCCC1)[C@H](Cc1ccccc1)N(Cc1ccc(Cl)cc1Cl)C(=O)Cc1cccc(Cl)c1. The minimum atomic E-state index is -0.706. The molecule has 0 aliphatic heterocycles. The highest BCUT2D eigenvalue weighted by molar-refractivity contribution is 6.35. The average Bonchev–Trinajstić information content (AvgIpc) is 2.88. The summed E-state index contributed by atoms with van der Waals surface area (Å²) in [6.45, 7) is 0.186. The van der Waals surface area contributed by atoms with E-state index in [1.54, 1.807) is 29.2 Å². The van der Waals surface area contributed by atoms with E-state index in [0.717, 1.165) is 42.4 Å². The van der Waals surface area contributed by atoms with Crippen molar-refractivity contribution in [1.82, 2.24) is 10.2 Å². The van der Waals surface area contributed by atoms with E-state index in [4.69, 9.17) is 34.8 Å². The van der Waals surface area contributed by atoms with E-state index in [0.29, 0.717) is 21.5 Å². The topological polar surface area (TPSA) is 49.4 Å². The largest absolute Gasteiger partial charge is 0.352 e. The Balaban J connectivity index is 1.68. The third-order valence-electron chi connectivity index (χ3n) is 6.82. The zero-order valence-corrected chi connectivity index (χ0v) is 22.9. The Morgan fingerprint density at radius 1 is 0.838 bits per heavy atom. The van der Waals surface area contributed by atoms with E-state index >= 15 is 0 Å². The molecule has 3 aromatic rings. The Bertz CT molecular complexity index is 1210. The van der Waals surface area contributed by atoms with Gasteiger partial charge in [0, 0.05) is 34.1 Å². The summed E-state index contributed by atoms with van der Waals surface area (Å²) in [7, 11) is 0. The van der Waals surface area contributed by atoms with Gasteiger partial charge in [-0.05, 0) is 53.8 Å². The number of nitrogens with one attached hydrogen (secondary N) is 1. The molecule has 1 aliphatic carbocycles. The second-order valence-electron chi connectivity index (χ2n) is 9.61. The molecule has 1 saturated carbocycles. The van der Waals surface area contributed by atoms with Crippen LogP contribution in [0.15, 0.2) is 72.8 Å². The molecule has 1 atom stereocenters. The fraction of sp³-hybridized carbons (Fsp3) is 0.333. The van der Waals surface area contributed by atoms with Crippen molar-refractivity contribution < 1.29 is 9.59 Å². The van der Waals surface area contributed by atoms with E-state index in [9.17, 15) is 9.59 Å². The number of carbonyl (C=O) groups is 2. The predicted molar refractivity (Wildman–Crippen MR) is 151 cm³/mol. The van der Waals surface area contributed by atoms with Gasteiger partial charge in [0.15, 0.2) is 0 Å². The molecular formula is C30H31Cl3N2O2. The standard InChI is InChI=1S/C30H31Cl3N2O2/c31-24-11-7-10-22(16-24)18-29(36)35(20-23-14-15-25(32)19-27(23)33)28(17-21-8-3-1-4-9-21)30(37)34-26-12-5-2-6-13-26/h1,3-4,7-11,14-16,19,26,28H,2,5-6,12-13,17-18,20H2,(H,34,37)/t28-/m0/s1. The molecule has 0 unspecified atom stereocenters. The first kappa shape index (κ1) is 27.5. The Labute approximate surface area is 233 Å². The number of carbonyl (C=O) groups excluding carboxylic acids is 2. The van der Waals surface area contributed by atoms with E-state index in [-0.39, 0.29) is 30.8 Å². The number of benzene rings is 3. The quantitative estimate of drug-likeness (QED) is 0.301. The number of nitrogens with zero attached hydrogens (tertiary/aromatic N) is 1. The van der Waals surface area contributed by atoms with Gasteiger partial charge >= 0.3 is 0 Å². The Hall–Kier alpha value is -2.53. The summed E-state index contributed by atoms with van der Waals surface area (Å²) in [5, 5.41) is 4.79. The fourth-order valence-corrected chi connectivity index (χ4v) is 5.54. The van der Waals surface area contributed by atoms with Gasteiger partial charge in [-0.25, -0.2) is 0 Å². The molecule has 4 nitrogen and oxygen atoms in total. The minimum Gasteiger partial charge on any atom is -0.352 e. The molecule has 4 rings (SSSR count). The molecule has 3 aromatic carbocycles. The summed E-state index contributed by atoms with van der Waals surface area (Å²) in [5.41, 5.74) is 2.50. The van der Waals surface area contributed by atoms with Crippen molar-refractivity contribution in [3.63, 3.8) is 0 Å². The van der Waals surface area contributed by atoms with Gasteiger partial charge in [0.05, 0.1) is 6.42 Å². The van der Waals surface area contributed by atoms with E-state index in [2.05, 4.69) is 5.32 Å². The Kier molecular flexibility index (Phi) is 9.90. The summed E-state index contributed by atoms with van der Waals surface area (Å²) in [4.78, 5) is 29.3. The number of hydrogen-bond donors (Lipinski definition) is 1. The molecule has 7 heteroatoms. The van der Waals surface area contributed by atoms with Crippen LogP contribution in [0.5, 0.6) is 0 Å². The molecule has 0 heterocycles. The zero-order valence-electron chi connectivity index (χ0n) is 20.6. The van der Waals surface area contributed by atoms with Crippen molar-refractivity contribution in [2.24, 2.45) is 0 Å². The molecule has 0 spiro atoms. The van der Waals surface area contributed by atoms with Crippen LogP contribution in [0.4, 0.5) is 0 Å². The maximum Gasteiger partial charge on any atom is 0.243 e. The van der Waals surface area contributed by atoms with Crippen LogP contribution in [0.2, 0.25) is 15.1 Å². The lowest BCUT2D eigenvalue weighted by Gasteiger charge is -2.34. The highest BCUT2D eigenvalue weighted by Crippen LogP contribution is 2.25. The number of hydrogen-bond acceptors (Lipinski definition) is 2. The molecular weight excluding hydrogens is 527 g/mol. The van der Waals surface area contributed by atoms with Crippen molar-refractivity contribution in [3.8, 4) is 0 Å². The van der Waals surface area contributed by atoms with E-state index in [1.165, 1.54) is 6.42 Å². The maximum atomic E-state index is 13.9. The van der Waals surface area contributed by atoms with Gasteiger partial charge in [-0.2, -0.15) is 0 Å². The predicted octanol–water partition coefficient (Wildman–Crippen LogP) is 7.28. The summed E-state index contributed by atoms with van der Waals surface area (Å²) in [6.07, 6.45) is 5.84. The molecule has 0 saturated heterocycles. The van der Waals surface area contributed by atoms with Crippen molar-refractivity contribution in [2.45, 2.75) is 63.6 Å². The van der Waals surface area contributed by atoms with Crippen LogP contribution in [0.1, 0.15) is 48.8 Å². The van der Waals surface area contributed by atoms with Gasteiger partial charge < -0.3 is 10.2 Å². The van der Waals surface area contributed by atoms with Crippen molar-refractivity contribution in [1.29, 1.82) is 0 Å². The van der Waals surface area contributed by atoms with Crippen LogP contribution in [0.3, 0.4) is 0 Å². The van der Waals surface area contributed by atoms with Gasteiger partial charge in [0.2, 0.25) is 11.8 Å². The van der Waals surface area contributed by atoms with Crippen molar-refractivity contribution >= 4 is 46.6 Å². The molecule has 1 aliphatic rings. The lowest BCUT2D eigenvalue weighted by molar-refractivity contribution is -0.141. The Morgan fingerprint density at radius 3 is 2.24 bits per heavy atom. The van der Waals surface area contributed by atoms with Crippen LogP contribution < -0.4 is 5.32 Å². The first-order valence-corrected chi connectivity index (χ1v) is 13.8. The van der Waals surface area contributed by atoms with Gasteiger partial charge in [-0.1, -0.05) is 103 Å². The second kappa shape index (κ2) is 13.3. The van der Waals surface area contributed by atoms with E-state index in [1.807, 2.05) is 48.5 Å². The molecule has 0 bridgehead atoms. The first-order chi connectivity index (χ1) is 17.9.